The third-order valence-electron chi connectivity index (χ3n) is 3.69. The highest BCUT2D eigenvalue weighted by molar-refractivity contribution is 7.89. The topological polar surface area (TPSA) is 69.6 Å². The molecule has 1 fully saturated rings. The van der Waals surface area contributed by atoms with E-state index < -0.39 is 10.0 Å². The van der Waals surface area contributed by atoms with Gasteiger partial charge in [0, 0.05) is 12.6 Å². The minimum Gasteiger partial charge on any atom is -0.394 e. The van der Waals surface area contributed by atoms with Crippen LogP contribution in [0.3, 0.4) is 0 Å². The summed E-state index contributed by atoms with van der Waals surface area (Å²) in [6.45, 7) is 4.43. The highest BCUT2D eigenvalue weighted by atomic mass is 32.2. The van der Waals surface area contributed by atoms with Crippen LogP contribution < -0.4 is 9.62 Å². The molecule has 0 aliphatic carbocycles. The van der Waals surface area contributed by atoms with Crippen molar-refractivity contribution in [1.82, 2.24) is 4.72 Å². The summed E-state index contributed by atoms with van der Waals surface area (Å²) in [5.74, 6) is 0. The van der Waals surface area contributed by atoms with Gasteiger partial charge in [0.2, 0.25) is 10.0 Å². The number of anilines is 1. The molecule has 1 aromatic carbocycles. The Morgan fingerprint density at radius 2 is 2.05 bits per heavy atom. The maximum atomic E-state index is 12.5. The van der Waals surface area contributed by atoms with E-state index in [1.807, 2.05) is 17.0 Å². The lowest BCUT2D eigenvalue weighted by Crippen LogP contribution is -2.43. The lowest BCUT2D eigenvalue weighted by molar-refractivity contribution is 0.239. The van der Waals surface area contributed by atoms with Crippen LogP contribution >= 0.6 is 0 Å². The van der Waals surface area contributed by atoms with Gasteiger partial charge in [-0.25, -0.2) is 13.1 Å². The molecule has 0 amide bonds. The number of sulfonamides is 1. The lowest BCUT2D eigenvalue weighted by Gasteiger charge is -2.37. The van der Waals surface area contributed by atoms with Gasteiger partial charge in [-0.2, -0.15) is 0 Å². The van der Waals surface area contributed by atoms with Crippen molar-refractivity contribution in [2.24, 2.45) is 0 Å². The number of benzene rings is 1. The number of rotatable bonds is 5. The number of hydrogen-bond acceptors (Lipinski definition) is 4. The van der Waals surface area contributed by atoms with E-state index in [1.54, 1.807) is 26.0 Å². The highest BCUT2D eigenvalue weighted by Crippen LogP contribution is 2.30. The molecule has 21 heavy (non-hydrogen) atoms. The fourth-order valence-corrected chi connectivity index (χ4v) is 4.27. The average Bonchev–Trinajstić information content (AvgIpc) is 2.46. The molecule has 5 nitrogen and oxygen atoms in total. The van der Waals surface area contributed by atoms with Crippen LogP contribution in [0.5, 0.6) is 0 Å². The van der Waals surface area contributed by atoms with E-state index in [0.717, 1.165) is 25.8 Å². The van der Waals surface area contributed by atoms with Crippen LogP contribution in [0.1, 0.15) is 33.1 Å². The average molecular weight is 312 g/mol. The van der Waals surface area contributed by atoms with Crippen molar-refractivity contribution in [2.45, 2.75) is 50.1 Å². The van der Waals surface area contributed by atoms with Crippen LogP contribution in [0.25, 0.3) is 0 Å². The highest BCUT2D eigenvalue weighted by Gasteiger charge is 2.27. The van der Waals surface area contributed by atoms with Crippen molar-refractivity contribution in [2.75, 3.05) is 18.1 Å². The molecule has 0 aromatic heterocycles. The SMILES string of the molecule is CC(C)NS(=O)(=O)c1ccccc1N1CCCCC1CO. The Labute approximate surface area is 127 Å². The van der Waals surface area contributed by atoms with Gasteiger partial charge in [-0.15, -0.1) is 0 Å². The van der Waals surface area contributed by atoms with E-state index in [-0.39, 0.29) is 18.7 Å². The summed E-state index contributed by atoms with van der Waals surface area (Å²) in [6.07, 6.45) is 2.98. The van der Waals surface area contributed by atoms with Crippen molar-refractivity contribution < 1.29 is 13.5 Å². The Morgan fingerprint density at radius 1 is 1.33 bits per heavy atom. The van der Waals surface area contributed by atoms with Gasteiger partial charge in [0.05, 0.1) is 18.3 Å². The molecule has 1 saturated heterocycles. The molecule has 0 saturated carbocycles. The molecule has 0 radical (unpaired) electrons. The fourth-order valence-electron chi connectivity index (χ4n) is 2.80. The number of aliphatic hydroxyl groups excluding tert-OH is 1. The summed E-state index contributed by atoms with van der Waals surface area (Å²) in [4.78, 5) is 2.32. The number of nitrogens with one attached hydrogen (secondary N) is 1. The fraction of sp³-hybridized carbons (Fsp3) is 0.600. The molecule has 118 valence electrons. The van der Waals surface area contributed by atoms with Crippen molar-refractivity contribution in [3.8, 4) is 0 Å². The quantitative estimate of drug-likeness (QED) is 0.868. The molecule has 1 heterocycles. The minimum atomic E-state index is -3.54. The van der Waals surface area contributed by atoms with Gasteiger partial charge in [-0.3, -0.25) is 0 Å². The van der Waals surface area contributed by atoms with Gasteiger partial charge >= 0.3 is 0 Å². The number of piperidine rings is 1. The van der Waals surface area contributed by atoms with Crippen LogP contribution in [-0.2, 0) is 10.0 Å². The predicted octanol–water partition coefficient (Wildman–Crippen LogP) is 1.72. The van der Waals surface area contributed by atoms with E-state index in [1.165, 1.54) is 0 Å². The monoisotopic (exact) mass is 312 g/mol. The van der Waals surface area contributed by atoms with Crippen molar-refractivity contribution in [1.29, 1.82) is 0 Å². The molecule has 0 bridgehead atoms. The third kappa shape index (κ3) is 3.75. The second kappa shape index (κ2) is 6.77. The van der Waals surface area contributed by atoms with Crippen molar-refractivity contribution >= 4 is 15.7 Å². The first-order valence-electron chi connectivity index (χ1n) is 7.44. The normalized spacial score (nSPS) is 20.0. The van der Waals surface area contributed by atoms with Gasteiger partial charge in [0.15, 0.2) is 0 Å². The second-order valence-electron chi connectivity index (χ2n) is 5.77. The molecule has 1 unspecified atom stereocenters. The van der Waals surface area contributed by atoms with E-state index >= 15 is 0 Å². The van der Waals surface area contributed by atoms with Crippen LogP contribution in [0.15, 0.2) is 29.2 Å². The smallest absolute Gasteiger partial charge is 0.242 e. The number of para-hydroxylation sites is 1. The Hall–Kier alpha value is -1.11. The third-order valence-corrected chi connectivity index (χ3v) is 5.40. The number of hydrogen-bond donors (Lipinski definition) is 2. The van der Waals surface area contributed by atoms with E-state index in [0.29, 0.717) is 10.6 Å². The zero-order valence-electron chi connectivity index (χ0n) is 12.6. The van der Waals surface area contributed by atoms with Crippen molar-refractivity contribution in [3.63, 3.8) is 0 Å². The minimum absolute atomic E-state index is 0.00542. The summed E-state index contributed by atoms with van der Waals surface area (Å²) in [7, 11) is -3.54. The maximum Gasteiger partial charge on any atom is 0.242 e. The largest absolute Gasteiger partial charge is 0.394 e. The van der Waals surface area contributed by atoms with E-state index in [4.69, 9.17) is 0 Å². The summed E-state index contributed by atoms with van der Waals surface area (Å²) in [5.41, 5.74) is 0.685. The van der Waals surface area contributed by atoms with Gasteiger partial charge in [-0.1, -0.05) is 12.1 Å². The van der Waals surface area contributed by atoms with Crippen LogP contribution in [0.4, 0.5) is 5.69 Å². The Morgan fingerprint density at radius 3 is 2.71 bits per heavy atom. The number of nitrogens with zero attached hydrogens (tertiary/aromatic N) is 1. The molecule has 2 N–H and O–H groups in total. The molecular formula is C15H24N2O3S. The summed E-state index contributed by atoms with van der Waals surface area (Å²) in [5, 5.41) is 9.56. The standard InChI is InChI=1S/C15H24N2O3S/c1-12(2)16-21(19,20)15-9-4-3-8-14(15)17-10-6-5-7-13(17)11-18/h3-4,8-9,12-13,16,18H,5-7,10-11H2,1-2H3. The maximum absolute atomic E-state index is 12.5. The molecular weight excluding hydrogens is 288 g/mol. The van der Waals surface area contributed by atoms with Gasteiger partial charge < -0.3 is 10.0 Å². The molecule has 1 aliphatic heterocycles. The molecule has 6 heteroatoms. The van der Waals surface area contributed by atoms with E-state index in [2.05, 4.69) is 4.72 Å². The zero-order chi connectivity index (χ0) is 15.5. The van der Waals surface area contributed by atoms with Crippen molar-refractivity contribution in [3.05, 3.63) is 24.3 Å². The number of aliphatic hydroxyl groups is 1. The molecule has 1 atom stereocenters. The first kappa shape index (κ1) is 16.3. The molecule has 0 spiro atoms. The molecule has 2 rings (SSSR count). The Balaban J connectivity index is 2.41. The van der Waals surface area contributed by atoms with Crippen LogP contribution in [0.2, 0.25) is 0 Å². The van der Waals surface area contributed by atoms with Gasteiger partial charge in [-0.05, 0) is 45.2 Å². The summed E-state index contributed by atoms with van der Waals surface area (Å²) in [6, 6.07) is 6.86. The van der Waals surface area contributed by atoms with Gasteiger partial charge in [0.25, 0.3) is 0 Å². The lowest BCUT2D eigenvalue weighted by atomic mass is 10.0. The zero-order valence-corrected chi connectivity index (χ0v) is 13.4. The predicted molar refractivity (Wildman–Crippen MR) is 84.0 cm³/mol. The second-order valence-corrected chi connectivity index (χ2v) is 7.45. The van der Waals surface area contributed by atoms with Crippen LogP contribution in [-0.4, -0.2) is 38.8 Å². The summed E-state index contributed by atoms with van der Waals surface area (Å²) >= 11 is 0. The van der Waals surface area contributed by atoms with E-state index in [9.17, 15) is 13.5 Å². The Kier molecular flexibility index (Phi) is 5.24. The first-order chi connectivity index (χ1) is 9.95. The Bertz CT molecular complexity index is 572. The van der Waals surface area contributed by atoms with Gasteiger partial charge in [0.1, 0.15) is 4.90 Å². The summed E-state index contributed by atoms with van der Waals surface area (Å²) < 4.78 is 27.6. The first-order valence-corrected chi connectivity index (χ1v) is 8.93. The molecule has 1 aliphatic rings. The van der Waals surface area contributed by atoms with Crippen LogP contribution in [0, 0.1) is 0 Å². The molecule has 1 aromatic rings.